The molecule has 1 amide bonds. The Balaban J connectivity index is 2.46. The number of carbonyl (C=O) groups excluding carboxylic acids is 1. The predicted octanol–water partition coefficient (Wildman–Crippen LogP) is 0.351. The molecular weight excluding hydrogens is 166 g/mol. The summed E-state index contributed by atoms with van der Waals surface area (Å²) in [4.78, 5) is 11.1. The molecule has 1 aromatic rings. The first kappa shape index (κ1) is 8.26. The van der Waals surface area contributed by atoms with Crippen LogP contribution >= 0.6 is 0 Å². The summed E-state index contributed by atoms with van der Waals surface area (Å²) in [6, 6.07) is 5.74. The molecule has 0 aromatic heterocycles. The molecule has 0 aliphatic carbocycles. The minimum absolute atomic E-state index is 0.0104. The van der Waals surface area contributed by atoms with Crippen LogP contribution in [0, 0.1) is 0 Å². The van der Waals surface area contributed by atoms with E-state index in [4.69, 9.17) is 5.11 Å². The number of rotatable bonds is 1. The first-order valence-electron chi connectivity index (χ1n) is 4.28. The molecule has 2 N–H and O–H groups in total. The summed E-state index contributed by atoms with van der Waals surface area (Å²) in [5.74, 6) is 0.0356. The van der Waals surface area contributed by atoms with Gasteiger partial charge in [0.25, 0.3) is 0 Å². The second-order valence-electron chi connectivity index (χ2n) is 3.17. The maximum absolute atomic E-state index is 11.1. The van der Waals surface area contributed by atoms with Gasteiger partial charge in [0.05, 0.1) is 13.0 Å². The molecule has 0 atom stereocenters. The highest BCUT2D eigenvalue weighted by atomic mass is 16.3. The van der Waals surface area contributed by atoms with Crippen molar-refractivity contribution in [3.63, 3.8) is 0 Å². The first-order valence-corrected chi connectivity index (χ1v) is 4.28. The van der Waals surface area contributed by atoms with Crippen molar-refractivity contribution in [1.82, 2.24) is 5.32 Å². The molecule has 0 bridgehead atoms. The maximum Gasteiger partial charge on any atom is 0.224 e. The van der Waals surface area contributed by atoms with Gasteiger partial charge in [-0.25, -0.2) is 0 Å². The van der Waals surface area contributed by atoms with E-state index in [-0.39, 0.29) is 12.5 Å². The zero-order valence-electron chi connectivity index (χ0n) is 7.21. The molecule has 1 heterocycles. The molecule has 13 heavy (non-hydrogen) atoms. The summed E-state index contributed by atoms with van der Waals surface area (Å²) < 4.78 is 0. The molecule has 3 heteroatoms. The zero-order valence-corrected chi connectivity index (χ0v) is 7.21. The Morgan fingerprint density at radius 3 is 3.08 bits per heavy atom. The van der Waals surface area contributed by atoms with Crippen molar-refractivity contribution in [2.45, 2.75) is 19.6 Å². The number of hydrogen-bond donors (Lipinski definition) is 2. The number of hydrogen-bond acceptors (Lipinski definition) is 2. The van der Waals surface area contributed by atoms with E-state index in [0.717, 1.165) is 16.7 Å². The molecule has 0 saturated heterocycles. The number of carbonyl (C=O) groups is 1. The smallest absolute Gasteiger partial charge is 0.224 e. The van der Waals surface area contributed by atoms with Crippen molar-refractivity contribution in [1.29, 1.82) is 0 Å². The van der Waals surface area contributed by atoms with Crippen molar-refractivity contribution >= 4 is 5.91 Å². The van der Waals surface area contributed by atoms with Gasteiger partial charge in [0, 0.05) is 6.54 Å². The highest BCUT2D eigenvalue weighted by molar-refractivity contribution is 5.81. The Morgan fingerprint density at radius 2 is 2.31 bits per heavy atom. The Bertz CT molecular complexity index is 333. The molecular formula is C10H11NO2. The first-order chi connectivity index (χ1) is 6.31. The molecule has 68 valence electrons. The second kappa shape index (κ2) is 3.18. The Kier molecular flexibility index (Phi) is 2.02. The highest BCUT2D eigenvalue weighted by Gasteiger charge is 2.16. The maximum atomic E-state index is 11.1. The van der Waals surface area contributed by atoms with Gasteiger partial charge in [-0.05, 0) is 16.7 Å². The fourth-order valence-corrected chi connectivity index (χ4v) is 1.65. The van der Waals surface area contributed by atoms with Crippen molar-refractivity contribution in [3.8, 4) is 0 Å². The molecule has 0 unspecified atom stereocenters. The van der Waals surface area contributed by atoms with E-state index in [1.165, 1.54) is 0 Å². The average Bonchev–Trinajstić information content (AvgIpc) is 2.17. The van der Waals surface area contributed by atoms with Crippen LogP contribution in [0.2, 0.25) is 0 Å². The lowest BCUT2D eigenvalue weighted by atomic mass is 9.95. The van der Waals surface area contributed by atoms with Gasteiger partial charge in [-0.15, -0.1) is 0 Å². The van der Waals surface area contributed by atoms with Crippen LogP contribution in [0.15, 0.2) is 18.2 Å². The van der Waals surface area contributed by atoms with E-state index >= 15 is 0 Å². The normalized spacial score (nSPS) is 15.0. The zero-order chi connectivity index (χ0) is 9.26. The van der Waals surface area contributed by atoms with Gasteiger partial charge in [-0.2, -0.15) is 0 Å². The van der Waals surface area contributed by atoms with Crippen molar-refractivity contribution < 1.29 is 9.90 Å². The van der Waals surface area contributed by atoms with E-state index < -0.39 is 0 Å². The van der Waals surface area contributed by atoms with Crippen LogP contribution in [0.1, 0.15) is 16.7 Å². The minimum atomic E-state index is 0.0104. The number of amides is 1. The van der Waals surface area contributed by atoms with Crippen LogP contribution in [0.4, 0.5) is 0 Å². The average molecular weight is 177 g/mol. The standard InChI is InChI=1S/C10H11NO2/c12-6-8-3-1-2-7-5-11-10(13)4-9(7)8/h1-3,12H,4-6H2,(H,11,13). The fraction of sp³-hybridized carbons (Fsp3) is 0.300. The van der Waals surface area contributed by atoms with Gasteiger partial charge in [0.1, 0.15) is 0 Å². The number of nitrogens with one attached hydrogen (secondary N) is 1. The van der Waals surface area contributed by atoms with E-state index in [1.807, 2.05) is 18.2 Å². The Labute approximate surface area is 76.4 Å². The van der Waals surface area contributed by atoms with Gasteiger partial charge in [-0.1, -0.05) is 18.2 Å². The molecule has 3 nitrogen and oxygen atoms in total. The monoisotopic (exact) mass is 177 g/mol. The van der Waals surface area contributed by atoms with Gasteiger partial charge < -0.3 is 10.4 Å². The van der Waals surface area contributed by atoms with Crippen LogP contribution in [-0.2, 0) is 24.4 Å². The summed E-state index contributed by atoms with van der Waals surface area (Å²) in [6.07, 6.45) is 0.395. The van der Waals surface area contributed by atoms with Crippen molar-refractivity contribution in [2.24, 2.45) is 0 Å². The fourth-order valence-electron chi connectivity index (χ4n) is 1.65. The molecule has 1 aliphatic rings. The van der Waals surface area contributed by atoms with E-state index in [0.29, 0.717) is 13.0 Å². The molecule has 0 radical (unpaired) electrons. The van der Waals surface area contributed by atoms with E-state index in [9.17, 15) is 4.79 Å². The lowest BCUT2D eigenvalue weighted by Crippen LogP contribution is -2.30. The summed E-state index contributed by atoms with van der Waals surface area (Å²) in [7, 11) is 0. The Hall–Kier alpha value is -1.35. The second-order valence-corrected chi connectivity index (χ2v) is 3.17. The largest absolute Gasteiger partial charge is 0.392 e. The van der Waals surface area contributed by atoms with Crippen LogP contribution < -0.4 is 5.32 Å². The molecule has 0 fully saturated rings. The summed E-state index contributed by atoms with van der Waals surface area (Å²) >= 11 is 0. The predicted molar refractivity (Wildman–Crippen MR) is 47.9 cm³/mol. The number of aliphatic hydroxyl groups is 1. The lowest BCUT2D eigenvalue weighted by molar-refractivity contribution is -0.121. The topological polar surface area (TPSA) is 49.3 Å². The molecule has 0 saturated carbocycles. The summed E-state index contributed by atoms with van der Waals surface area (Å²) in [6.45, 7) is 0.596. The lowest BCUT2D eigenvalue weighted by Gasteiger charge is -2.18. The van der Waals surface area contributed by atoms with Gasteiger partial charge >= 0.3 is 0 Å². The Morgan fingerprint density at radius 1 is 1.46 bits per heavy atom. The van der Waals surface area contributed by atoms with Gasteiger partial charge in [0.15, 0.2) is 0 Å². The van der Waals surface area contributed by atoms with Crippen LogP contribution in [0.3, 0.4) is 0 Å². The molecule has 1 aliphatic heterocycles. The number of benzene rings is 1. The van der Waals surface area contributed by atoms with Crippen LogP contribution in [0.5, 0.6) is 0 Å². The van der Waals surface area contributed by atoms with Gasteiger partial charge in [-0.3, -0.25) is 4.79 Å². The van der Waals surface area contributed by atoms with Crippen LogP contribution in [0.25, 0.3) is 0 Å². The van der Waals surface area contributed by atoms with Gasteiger partial charge in [0.2, 0.25) is 5.91 Å². The summed E-state index contributed by atoms with van der Waals surface area (Å²) in [5.41, 5.74) is 2.98. The number of aliphatic hydroxyl groups excluding tert-OH is 1. The highest BCUT2D eigenvalue weighted by Crippen LogP contribution is 2.18. The summed E-state index contributed by atoms with van der Waals surface area (Å²) in [5, 5.41) is 11.8. The third-order valence-corrected chi connectivity index (χ3v) is 2.35. The third-order valence-electron chi connectivity index (χ3n) is 2.35. The molecule has 0 spiro atoms. The third kappa shape index (κ3) is 1.42. The SMILES string of the molecule is O=C1Cc2c(CO)cccc2CN1. The van der Waals surface area contributed by atoms with E-state index in [1.54, 1.807) is 0 Å². The quantitative estimate of drug-likeness (QED) is 0.650. The minimum Gasteiger partial charge on any atom is -0.392 e. The van der Waals surface area contributed by atoms with Crippen LogP contribution in [-0.4, -0.2) is 11.0 Å². The number of fused-ring (bicyclic) bond motifs is 1. The van der Waals surface area contributed by atoms with Crippen molar-refractivity contribution in [2.75, 3.05) is 0 Å². The van der Waals surface area contributed by atoms with Crippen molar-refractivity contribution in [3.05, 3.63) is 34.9 Å². The molecule has 2 rings (SSSR count). The van der Waals surface area contributed by atoms with E-state index in [2.05, 4.69) is 5.32 Å². The molecule has 1 aromatic carbocycles.